The minimum absolute atomic E-state index is 0.227. The van der Waals surface area contributed by atoms with Crippen LogP contribution in [-0.2, 0) is 10.8 Å². The number of rotatable bonds is 0. The summed E-state index contributed by atoms with van der Waals surface area (Å²) in [7, 11) is 0. The van der Waals surface area contributed by atoms with Crippen molar-refractivity contribution >= 4 is 0 Å². The Balaban J connectivity index is 1.49. The van der Waals surface area contributed by atoms with Crippen LogP contribution in [0.2, 0.25) is 0 Å². The molecule has 0 spiro atoms. The number of H-pyrrole nitrogens is 4. The van der Waals surface area contributed by atoms with E-state index in [-0.39, 0.29) is 10.8 Å². The molecule has 0 amide bonds. The zero-order chi connectivity index (χ0) is 26.1. The molecule has 0 unspecified atom stereocenters. The van der Waals surface area contributed by atoms with Crippen molar-refractivity contribution in [1.82, 2.24) is 19.9 Å². The smallest absolute Gasteiger partial charge is 0.0463 e. The Bertz CT molecular complexity index is 1520. The molecule has 4 aromatic heterocycles. The molecule has 4 nitrogen and oxygen atoms in total. The summed E-state index contributed by atoms with van der Waals surface area (Å²) in [4.78, 5) is 15.0. The zero-order valence-electron chi connectivity index (χ0n) is 22.2. The van der Waals surface area contributed by atoms with Crippen molar-refractivity contribution in [2.24, 2.45) is 0 Å². The van der Waals surface area contributed by atoms with Crippen LogP contribution in [0.4, 0.5) is 0 Å². The zero-order valence-corrected chi connectivity index (χ0v) is 22.2. The van der Waals surface area contributed by atoms with E-state index >= 15 is 0 Å². The van der Waals surface area contributed by atoms with Gasteiger partial charge in [-0.3, -0.25) is 0 Å². The number of nitrogens with one attached hydrogen (secondary N) is 4. The topological polar surface area (TPSA) is 63.2 Å². The Morgan fingerprint density at radius 1 is 0.342 bits per heavy atom. The fourth-order valence-electron chi connectivity index (χ4n) is 5.86. The van der Waals surface area contributed by atoms with Gasteiger partial charge in [0.1, 0.15) is 0 Å². The molecular weight excluding hydrogens is 464 g/mol. The van der Waals surface area contributed by atoms with Crippen LogP contribution >= 0.6 is 0 Å². The van der Waals surface area contributed by atoms with Crippen LogP contribution in [0.15, 0.2) is 97.1 Å². The SMILES string of the molecule is CC1(C)c2ccc([nH]2)-c2ccccc2-c2ccc([nH]2)C(C)(C)c2ccc([nH]2)-c2ccccc2-c2ccc1[nH]2. The molecule has 7 rings (SSSR count). The number of aromatic amines is 4. The average Bonchev–Trinajstić information content (AvgIpc) is 3.75. The second-order valence-electron chi connectivity index (χ2n) is 11.5. The molecule has 4 heteroatoms. The Hall–Kier alpha value is -4.44. The van der Waals surface area contributed by atoms with Gasteiger partial charge in [-0.1, -0.05) is 48.5 Å². The van der Waals surface area contributed by atoms with Gasteiger partial charge in [0.2, 0.25) is 0 Å². The molecule has 188 valence electrons. The average molecular weight is 497 g/mol. The van der Waals surface area contributed by atoms with Gasteiger partial charge >= 0.3 is 0 Å². The van der Waals surface area contributed by atoms with E-state index in [1.165, 1.54) is 45.0 Å². The molecule has 2 aromatic carbocycles. The van der Waals surface area contributed by atoms with Crippen LogP contribution in [0.5, 0.6) is 0 Å². The molecule has 0 aliphatic carbocycles. The van der Waals surface area contributed by atoms with Gasteiger partial charge in [0, 0.05) is 78.6 Å². The normalized spacial score (nSPS) is 15.3. The summed E-state index contributed by atoms with van der Waals surface area (Å²) >= 11 is 0. The highest BCUT2D eigenvalue weighted by Crippen LogP contribution is 2.40. The van der Waals surface area contributed by atoms with Crippen molar-refractivity contribution < 1.29 is 0 Å². The van der Waals surface area contributed by atoms with Crippen molar-refractivity contribution in [2.75, 3.05) is 0 Å². The van der Waals surface area contributed by atoms with E-state index in [2.05, 4.69) is 145 Å². The molecule has 1 aliphatic rings. The molecule has 6 aromatic rings. The van der Waals surface area contributed by atoms with Crippen LogP contribution in [0.3, 0.4) is 0 Å². The van der Waals surface area contributed by atoms with Gasteiger partial charge < -0.3 is 19.9 Å². The largest absolute Gasteiger partial charge is 0.358 e. The second-order valence-corrected chi connectivity index (χ2v) is 11.5. The van der Waals surface area contributed by atoms with Crippen molar-refractivity contribution in [2.45, 2.75) is 38.5 Å². The highest BCUT2D eigenvalue weighted by atomic mass is 14.8. The molecule has 0 fully saturated rings. The Morgan fingerprint density at radius 2 is 0.579 bits per heavy atom. The van der Waals surface area contributed by atoms with Gasteiger partial charge in [-0.15, -0.1) is 0 Å². The second kappa shape index (κ2) is 8.03. The van der Waals surface area contributed by atoms with Crippen LogP contribution in [0, 0.1) is 0 Å². The lowest BCUT2D eigenvalue weighted by Gasteiger charge is -2.23. The first-order valence-electron chi connectivity index (χ1n) is 13.3. The number of hydrogen-bond acceptors (Lipinski definition) is 0. The predicted molar refractivity (Wildman–Crippen MR) is 156 cm³/mol. The van der Waals surface area contributed by atoms with Crippen LogP contribution in [0.1, 0.15) is 50.5 Å². The highest BCUT2D eigenvalue weighted by molar-refractivity contribution is 5.82. The van der Waals surface area contributed by atoms with Crippen molar-refractivity contribution in [3.05, 3.63) is 120 Å². The Kier molecular flexibility index (Phi) is 4.80. The summed E-state index contributed by atoms with van der Waals surface area (Å²) in [5, 5.41) is 0. The molecule has 0 saturated carbocycles. The van der Waals surface area contributed by atoms with E-state index in [1.54, 1.807) is 0 Å². The van der Waals surface area contributed by atoms with Gasteiger partial charge in [-0.2, -0.15) is 0 Å². The van der Waals surface area contributed by atoms with Crippen LogP contribution in [-0.4, -0.2) is 19.9 Å². The maximum absolute atomic E-state index is 3.76. The number of benzene rings is 2. The minimum Gasteiger partial charge on any atom is -0.358 e. The summed E-state index contributed by atoms with van der Waals surface area (Å²) in [6, 6.07) is 34.9. The first-order valence-corrected chi connectivity index (χ1v) is 13.3. The quantitative estimate of drug-likeness (QED) is 0.163. The molecule has 4 N–H and O–H groups in total. The van der Waals surface area contributed by atoms with Gasteiger partial charge in [0.15, 0.2) is 0 Å². The fourth-order valence-corrected chi connectivity index (χ4v) is 5.86. The molecule has 0 saturated heterocycles. The molecule has 1 aliphatic heterocycles. The van der Waals surface area contributed by atoms with E-state index < -0.39 is 0 Å². The van der Waals surface area contributed by atoms with Crippen molar-refractivity contribution in [3.8, 4) is 45.0 Å². The predicted octanol–water partition coefficient (Wildman–Crippen LogP) is 8.63. The third kappa shape index (κ3) is 3.37. The first kappa shape index (κ1) is 22.7. The van der Waals surface area contributed by atoms with Gasteiger partial charge in [-0.05, 0) is 76.2 Å². The van der Waals surface area contributed by atoms with Gasteiger partial charge in [-0.25, -0.2) is 0 Å². The number of fused-ring (bicyclic) bond motifs is 14. The summed E-state index contributed by atoms with van der Waals surface area (Å²) in [6.45, 7) is 9.08. The van der Waals surface area contributed by atoms with Gasteiger partial charge in [0.05, 0.1) is 0 Å². The summed E-state index contributed by atoms with van der Waals surface area (Å²) in [6.07, 6.45) is 0. The molecular formula is C34H32N4. The van der Waals surface area contributed by atoms with Crippen molar-refractivity contribution in [1.29, 1.82) is 0 Å². The standard InChI is InChI=1S/C34H32N4/c1-33(2)29-17-13-25(35-29)21-9-5-7-11-23(21)27-15-19-31(37-27)34(3,4)32-20-16-28(38-32)24-12-8-6-10-22(24)26-14-18-30(33)36-26/h5-20,35-38H,1-4H3. The molecule has 38 heavy (non-hydrogen) atoms. The summed E-state index contributed by atoms with van der Waals surface area (Å²) < 4.78 is 0. The van der Waals surface area contributed by atoms with Crippen LogP contribution in [0.25, 0.3) is 45.0 Å². The monoisotopic (exact) mass is 496 g/mol. The maximum Gasteiger partial charge on any atom is 0.0463 e. The lowest BCUT2D eigenvalue weighted by Crippen LogP contribution is -2.20. The Labute approximate surface area is 223 Å². The highest BCUT2D eigenvalue weighted by Gasteiger charge is 2.29. The minimum atomic E-state index is -0.227. The number of aromatic nitrogens is 4. The van der Waals surface area contributed by atoms with Crippen molar-refractivity contribution in [3.63, 3.8) is 0 Å². The third-order valence-corrected chi connectivity index (χ3v) is 8.45. The first-order chi connectivity index (χ1) is 18.3. The lowest BCUT2D eigenvalue weighted by molar-refractivity contribution is 0.604. The van der Waals surface area contributed by atoms with Crippen LogP contribution < -0.4 is 0 Å². The van der Waals surface area contributed by atoms with E-state index in [9.17, 15) is 0 Å². The molecule has 0 radical (unpaired) electrons. The Morgan fingerprint density at radius 3 is 0.816 bits per heavy atom. The summed E-state index contributed by atoms with van der Waals surface area (Å²) in [5.74, 6) is 0. The summed E-state index contributed by atoms with van der Waals surface area (Å²) in [5.41, 5.74) is 13.4. The van der Waals surface area contributed by atoms with E-state index in [1.807, 2.05) is 0 Å². The van der Waals surface area contributed by atoms with E-state index in [4.69, 9.17) is 0 Å². The molecule has 8 bridgehead atoms. The number of hydrogen-bond donors (Lipinski definition) is 4. The van der Waals surface area contributed by atoms with E-state index in [0.29, 0.717) is 0 Å². The van der Waals surface area contributed by atoms with E-state index in [0.717, 1.165) is 22.8 Å². The lowest BCUT2D eigenvalue weighted by atomic mass is 9.86. The fraction of sp³-hybridized carbons (Fsp3) is 0.176. The third-order valence-electron chi connectivity index (χ3n) is 8.45. The molecule has 5 heterocycles. The maximum atomic E-state index is 3.76. The molecule has 0 atom stereocenters. The van der Waals surface area contributed by atoms with Gasteiger partial charge in [0.25, 0.3) is 0 Å².